The molecule has 6 rings (SSSR count). The average molecular weight is 418 g/mol. The van der Waals surface area contributed by atoms with Crippen LogP contribution in [-0.2, 0) is 11.3 Å². The summed E-state index contributed by atoms with van der Waals surface area (Å²) >= 11 is 0. The summed E-state index contributed by atoms with van der Waals surface area (Å²) in [5.41, 5.74) is 3.76. The molecule has 3 aliphatic heterocycles. The van der Waals surface area contributed by atoms with Gasteiger partial charge >= 0.3 is 0 Å². The number of likely N-dealkylation sites (tertiary alicyclic amines) is 1. The Morgan fingerprint density at radius 3 is 2.68 bits per heavy atom. The van der Waals surface area contributed by atoms with Crippen LogP contribution in [0.5, 0.6) is 5.75 Å². The number of hydrogen-bond acceptors (Lipinski definition) is 6. The van der Waals surface area contributed by atoms with Gasteiger partial charge in [0, 0.05) is 38.3 Å². The molecule has 1 unspecified atom stereocenters. The van der Waals surface area contributed by atoms with Crippen LogP contribution in [0.3, 0.4) is 0 Å². The van der Waals surface area contributed by atoms with Gasteiger partial charge in [-0.05, 0) is 50.3 Å². The van der Waals surface area contributed by atoms with Gasteiger partial charge in [-0.1, -0.05) is 6.07 Å². The molecule has 2 saturated heterocycles. The van der Waals surface area contributed by atoms with Crippen LogP contribution in [0, 0.1) is 5.41 Å². The first-order valence-corrected chi connectivity index (χ1v) is 11.1. The van der Waals surface area contributed by atoms with Crippen LogP contribution in [0.4, 0.5) is 5.82 Å². The summed E-state index contributed by atoms with van der Waals surface area (Å²) in [7, 11) is 1.90. The van der Waals surface area contributed by atoms with E-state index in [1.165, 1.54) is 5.56 Å². The van der Waals surface area contributed by atoms with Gasteiger partial charge in [0.05, 0.1) is 23.4 Å². The van der Waals surface area contributed by atoms with Crippen LogP contribution >= 0.6 is 0 Å². The van der Waals surface area contributed by atoms with E-state index < -0.39 is 0 Å². The number of ether oxygens (including phenoxy) is 1. The van der Waals surface area contributed by atoms with E-state index in [2.05, 4.69) is 33.9 Å². The molecule has 160 valence electrons. The molecule has 0 radical (unpaired) electrons. The van der Waals surface area contributed by atoms with Crippen LogP contribution in [-0.4, -0.2) is 58.8 Å². The number of anilines is 1. The molecular weight excluding hydrogens is 390 g/mol. The Hall–Kier alpha value is -2.96. The minimum absolute atomic E-state index is 0.0102. The van der Waals surface area contributed by atoms with Crippen molar-refractivity contribution < 1.29 is 9.53 Å². The molecule has 7 nitrogen and oxygen atoms in total. The summed E-state index contributed by atoms with van der Waals surface area (Å²) in [5, 5.41) is 0. The summed E-state index contributed by atoms with van der Waals surface area (Å²) in [6.07, 6.45) is 5.65. The lowest BCUT2D eigenvalue weighted by atomic mass is 9.86. The second-order valence-electron chi connectivity index (χ2n) is 9.73. The Kier molecular flexibility index (Phi) is 3.95. The van der Waals surface area contributed by atoms with Crippen molar-refractivity contribution in [2.75, 3.05) is 31.6 Å². The lowest BCUT2D eigenvalue weighted by molar-refractivity contribution is -0.134. The Morgan fingerprint density at radius 1 is 1.06 bits per heavy atom. The van der Waals surface area contributed by atoms with E-state index in [1.54, 1.807) is 6.33 Å². The van der Waals surface area contributed by atoms with Gasteiger partial charge in [-0.15, -0.1) is 0 Å². The molecule has 1 aliphatic carbocycles. The quantitative estimate of drug-likeness (QED) is 0.765. The molecule has 1 saturated carbocycles. The minimum atomic E-state index is -0.248. The van der Waals surface area contributed by atoms with Gasteiger partial charge < -0.3 is 14.5 Å². The lowest BCUT2D eigenvalue weighted by Crippen LogP contribution is -2.35. The summed E-state index contributed by atoms with van der Waals surface area (Å²) in [6.45, 7) is 5.23. The molecule has 4 heterocycles. The normalized spacial score (nSPS) is 25.9. The van der Waals surface area contributed by atoms with Crippen LogP contribution in [0.2, 0.25) is 0 Å². The van der Waals surface area contributed by atoms with E-state index in [9.17, 15) is 4.79 Å². The number of nitrogens with zero attached hydrogens (tertiary/aromatic N) is 5. The maximum Gasteiger partial charge on any atom is 0.230 e. The third kappa shape index (κ3) is 3.09. The van der Waals surface area contributed by atoms with Crippen LogP contribution in [0.1, 0.15) is 49.4 Å². The van der Waals surface area contributed by atoms with E-state index in [0.717, 1.165) is 73.9 Å². The van der Waals surface area contributed by atoms with Gasteiger partial charge in [0.2, 0.25) is 5.91 Å². The highest BCUT2D eigenvalue weighted by molar-refractivity contribution is 6.14. The highest BCUT2D eigenvalue weighted by atomic mass is 16.5. The third-order valence-electron chi connectivity index (χ3n) is 7.36. The molecule has 1 atom stereocenters. The molecule has 1 amide bonds. The first kappa shape index (κ1) is 18.8. The second-order valence-corrected chi connectivity index (χ2v) is 9.73. The Morgan fingerprint density at radius 2 is 1.90 bits per heavy atom. The number of fused-ring (bicyclic) bond motifs is 1. The number of amides is 1. The van der Waals surface area contributed by atoms with Crippen molar-refractivity contribution in [1.29, 1.82) is 0 Å². The number of benzene rings is 1. The number of aliphatic imine (C=N–C) groups is 1. The largest absolute Gasteiger partial charge is 0.488 e. The van der Waals surface area contributed by atoms with Gasteiger partial charge in [-0.25, -0.2) is 9.97 Å². The number of rotatable bonds is 4. The Bertz CT molecular complexity index is 1110. The molecule has 3 fully saturated rings. The highest BCUT2D eigenvalue weighted by Gasteiger charge is 2.50. The van der Waals surface area contributed by atoms with Crippen molar-refractivity contribution in [2.24, 2.45) is 10.4 Å². The second kappa shape index (κ2) is 6.52. The first-order chi connectivity index (χ1) is 14.9. The van der Waals surface area contributed by atoms with Crippen molar-refractivity contribution in [3.05, 3.63) is 47.4 Å². The summed E-state index contributed by atoms with van der Waals surface area (Å²) in [4.78, 5) is 30.6. The Labute approximate surface area is 182 Å². The topological polar surface area (TPSA) is 70.9 Å². The zero-order valence-corrected chi connectivity index (χ0v) is 18.1. The van der Waals surface area contributed by atoms with Crippen LogP contribution < -0.4 is 9.64 Å². The van der Waals surface area contributed by atoms with Crippen molar-refractivity contribution in [3.63, 3.8) is 0 Å². The van der Waals surface area contributed by atoms with Crippen LogP contribution in [0.25, 0.3) is 0 Å². The fraction of sp³-hybridized carbons (Fsp3) is 0.500. The van der Waals surface area contributed by atoms with Crippen molar-refractivity contribution in [2.45, 2.75) is 44.8 Å². The van der Waals surface area contributed by atoms with Gasteiger partial charge in [0.15, 0.2) is 0 Å². The minimum Gasteiger partial charge on any atom is -0.488 e. The fourth-order valence-corrected chi connectivity index (χ4v) is 5.10. The van der Waals surface area contributed by atoms with Gasteiger partial charge in [0.25, 0.3) is 0 Å². The molecule has 1 aromatic carbocycles. The van der Waals surface area contributed by atoms with E-state index in [1.807, 2.05) is 24.1 Å². The number of carbonyl (C=O) groups is 1. The van der Waals surface area contributed by atoms with Gasteiger partial charge in [-0.3, -0.25) is 9.79 Å². The van der Waals surface area contributed by atoms with E-state index in [4.69, 9.17) is 9.73 Å². The van der Waals surface area contributed by atoms with Crippen molar-refractivity contribution in [3.8, 4) is 5.75 Å². The maximum absolute atomic E-state index is 12.7. The molecule has 0 bridgehead atoms. The zero-order valence-electron chi connectivity index (χ0n) is 18.1. The maximum atomic E-state index is 12.7. The predicted octanol–water partition coefficient (Wildman–Crippen LogP) is 2.82. The van der Waals surface area contributed by atoms with Crippen molar-refractivity contribution in [1.82, 2.24) is 14.9 Å². The first-order valence-electron chi connectivity index (χ1n) is 11.1. The summed E-state index contributed by atoms with van der Waals surface area (Å²) < 4.78 is 6.17. The van der Waals surface area contributed by atoms with E-state index in [0.29, 0.717) is 6.54 Å². The number of carbonyl (C=O) groups excluding carboxylic acids is 1. The van der Waals surface area contributed by atoms with Gasteiger partial charge in [0.1, 0.15) is 23.5 Å². The monoisotopic (exact) mass is 417 g/mol. The highest BCUT2D eigenvalue weighted by Crippen LogP contribution is 2.42. The molecule has 31 heavy (non-hydrogen) atoms. The molecule has 0 N–H and O–H groups in total. The SMILES string of the molecule is CN1CCC2(CCN(c3cc(C4=NCc5ccc(OC6(C)CC6)cc54)ncn3)C2)C1=O. The zero-order chi connectivity index (χ0) is 21.2. The fourth-order valence-electron chi connectivity index (χ4n) is 5.10. The molecule has 1 spiro atoms. The van der Waals surface area contributed by atoms with Gasteiger partial charge in [-0.2, -0.15) is 0 Å². The van der Waals surface area contributed by atoms with Crippen LogP contribution in [0.15, 0.2) is 35.6 Å². The standard InChI is InChI=1S/C24H27N5O2/c1-23(5-6-23)31-17-4-3-16-13-25-21(18(16)11-17)19-12-20(27-15-26-19)29-10-8-24(14-29)7-9-28(2)22(24)30/h3-4,11-12,15H,5-10,13-14H2,1-2H3. The number of hydrogen-bond donors (Lipinski definition) is 0. The third-order valence-corrected chi connectivity index (χ3v) is 7.36. The summed E-state index contributed by atoms with van der Waals surface area (Å²) in [5.74, 6) is 2.04. The molecule has 7 heteroatoms. The van der Waals surface area contributed by atoms with E-state index in [-0.39, 0.29) is 16.9 Å². The average Bonchev–Trinajstić information content (AvgIpc) is 3.11. The molecular formula is C24H27N5O2. The molecule has 1 aromatic heterocycles. The lowest BCUT2D eigenvalue weighted by Gasteiger charge is -2.23. The van der Waals surface area contributed by atoms with E-state index >= 15 is 0 Å². The smallest absolute Gasteiger partial charge is 0.230 e. The number of aromatic nitrogens is 2. The Balaban J connectivity index is 1.26. The molecule has 2 aromatic rings. The summed E-state index contributed by atoms with van der Waals surface area (Å²) in [6, 6.07) is 8.28. The predicted molar refractivity (Wildman–Crippen MR) is 118 cm³/mol. The molecule has 4 aliphatic rings. The van der Waals surface area contributed by atoms with Crippen molar-refractivity contribution >= 4 is 17.4 Å².